The standard InChI is InChI=1S/C30H30N4O2/c1-3-21-10-4-5-11-22(21)20-33-16-18-34(19-17-33)30(27-25-14-8-9-15-26(25)32(2)31-27)28(35)23-12-6-7-13-24(23)29(30)36/h4-15H,3,16-20H2,1-2H3. The van der Waals surface area contributed by atoms with Crippen LogP contribution >= 0.6 is 0 Å². The number of fused-ring (bicyclic) bond motifs is 2. The third kappa shape index (κ3) is 3.29. The van der Waals surface area contributed by atoms with E-state index in [4.69, 9.17) is 5.10 Å². The topological polar surface area (TPSA) is 58.4 Å². The fraction of sp³-hybridized carbons (Fsp3) is 0.300. The van der Waals surface area contributed by atoms with Gasteiger partial charge >= 0.3 is 0 Å². The van der Waals surface area contributed by atoms with Crippen LogP contribution in [0, 0.1) is 0 Å². The molecule has 6 rings (SSSR count). The van der Waals surface area contributed by atoms with Crippen LogP contribution in [-0.2, 0) is 25.6 Å². The van der Waals surface area contributed by atoms with E-state index in [1.807, 2.05) is 43.4 Å². The highest BCUT2D eigenvalue weighted by atomic mass is 16.2. The highest BCUT2D eigenvalue weighted by Gasteiger charge is 2.60. The molecule has 3 aromatic carbocycles. The Morgan fingerprint density at radius 2 is 1.36 bits per heavy atom. The number of hydrogen-bond acceptors (Lipinski definition) is 5. The summed E-state index contributed by atoms with van der Waals surface area (Å²) in [6, 6.07) is 23.7. The van der Waals surface area contributed by atoms with Crippen LogP contribution in [0.15, 0.2) is 72.8 Å². The van der Waals surface area contributed by atoms with Crippen LogP contribution in [0.25, 0.3) is 10.9 Å². The molecule has 2 aliphatic rings. The van der Waals surface area contributed by atoms with Gasteiger partial charge in [-0.1, -0.05) is 73.7 Å². The number of piperazine rings is 1. The molecule has 0 spiro atoms. The van der Waals surface area contributed by atoms with E-state index in [2.05, 4.69) is 41.0 Å². The molecule has 0 saturated carbocycles. The Morgan fingerprint density at radius 3 is 2.03 bits per heavy atom. The second-order valence-electron chi connectivity index (χ2n) is 9.79. The molecule has 1 saturated heterocycles. The van der Waals surface area contributed by atoms with Gasteiger partial charge in [0, 0.05) is 56.3 Å². The Labute approximate surface area is 211 Å². The van der Waals surface area contributed by atoms with Gasteiger partial charge in [-0.05, 0) is 23.6 Å². The molecule has 1 aliphatic heterocycles. The highest BCUT2D eigenvalue weighted by molar-refractivity contribution is 6.33. The number of carbonyl (C=O) groups is 2. The smallest absolute Gasteiger partial charge is 0.198 e. The third-order valence-corrected chi connectivity index (χ3v) is 7.91. The van der Waals surface area contributed by atoms with Gasteiger partial charge in [-0.15, -0.1) is 0 Å². The average Bonchev–Trinajstić information content (AvgIpc) is 3.37. The van der Waals surface area contributed by atoms with E-state index in [1.165, 1.54) is 11.1 Å². The molecule has 0 bridgehead atoms. The van der Waals surface area contributed by atoms with Crippen molar-refractivity contribution in [1.29, 1.82) is 0 Å². The van der Waals surface area contributed by atoms with Crippen LogP contribution in [-0.4, -0.2) is 57.3 Å². The first-order valence-corrected chi connectivity index (χ1v) is 12.7. The maximum absolute atomic E-state index is 14.2. The van der Waals surface area contributed by atoms with E-state index >= 15 is 0 Å². The third-order valence-electron chi connectivity index (χ3n) is 7.91. The molecule has 182 valence electrons. The van der Waals surface area contributed by atoms with Crippen LogP contribution in [0.2, 0.25) is 0 Å². The summed E-state index contributed by atoms with van der Waals surface area (Å²) in [7, 11) is 1.87. The summed E-state index contributed by atoms with van der Waals surface area (Å²) in [6.07, 6.45) is 1.01. The zero-order valence-corrected chi connectivity index (χ0v) is 20.8. The minimum atomic E-state index is -1.43. The van der Waals surface area contributed by atoms with Gasteiger partial charge in [-0.3, -0.25) is 24.1 Å². The zero-order valence-electron chi connectivity index (χ0n) is 20.8. The van der Waals surface area contributed by atoms with E-state index in [-0.39, 0.29) is 11.6 Å². The molecule has 1 aromatic heterocycles. The van der Waals surface area contributed by atoms with Gasteiger partial charge in [0.15, 0.2) is 17.1 Å². The van der Waals surface area contributed by atoms with Gasteiger partial charge in [0.1, 0.15) is 5.69 Å². The molecular formula is C30H30N4O2. The van der Waals surface area contributed by atoms with Gasteiger partial charge < -0.3 is 0 Å². The molecule has 1 aliphatic carbocycles. The number of Topliss-reactive ketones (excluding diaryl/α,β-unsaturated/α-hetero) is 2. The van der Waals surface area contributed by atoms with Crippen molar-refractivity contribution >= 4 is 22.5 Å². The lowest BCUT2D eigenvalue weighted by Gasteiger charge is -2.43. The zero-order chi connectivity index (χ0) is 24.9. The number of para-hydroxylation sites is 1. The molecule has 4 aromatic rings. The number of ketones is 2. The molecule has 0 radical (unpaired) electrons. The van der Waals surface area contributed by atoms with Crippen molar-refractivity contribution in [3.63, 3.8) is 0 Å². The maximum atomic E-state index is 14.2. The van der Waals surface area contributed by atoms with Gasteiger partial charge in [0.2, 0.25) is 0 Å². The Morgan fingerprint density at radius 1 is 0.778 bits per heavy atom. The van der Waals surface area contributed by atoms with E-state index < -0.39 is 5.54 Å². The first-order valence-electron chi connectivity index (χ1n) is 12.7. The Balaban J connectivity index is 1.39. The highest BCUT2D eigenvalue weighted by Crippen LogP contribution is 2.44. The van der Waals surface area contributed by atoms with E-state index in [9.17, 15) is 9.59 Å². The van der Waals surface area contributed by atoms with Crippen LogP contribution in [0.3, 0.4) is 0 Å². The summed E-state index contributed by atoms with van der Waals surface area (Å²) in [5.74, 6) is -0.312. The second-order valence-corrected chi connectivity index (χ2v) is 9.79. The number of rotatable bonds is 5. The second kappa shape index (κ2) is 8.80. The predicted molar refractivity (Wildman–Crippen MR) is 140 cm³/mol. The number of carbonyl (C=O) groups excluding carboxylic acids is 2. The first kappa shape index (κ1) is 22.8. The van der Waals surface area contributed by atoms with Gasteiger partial charge in [0.05, 0.1) is 5.52 Å². The summed E-state index contributed by atoms with van der Waals surface area (Å²) in [5, 5.41) is 5.69. The van der Waals surface area contributed by atoms with Gasteiger partial charge in [-0.25, -0.2) is 0 Å². The minimum absolute atomic E-state index is 0.156. The van der Waals surface area contributed by atoms with Crippen molar-refractivity contribution in [2.45, 2.75) is 25.4 Å². The van der Waals surface area contributed by atoms with Crippen molar-refractivity contribution < 1.29 is 9.59 Å². The number of nitrogens with zero attached hydrogens (tertiary/aromatic N) is 4. The molecule has 6 nitrogen and oxygen atoms in total. The Kier molecular flexibility index (Phi) is 5.58. The SMILES string of the molecule is CCc1ccccc1CN1CCN(C2(c3nn(C)c4ccccc34)C(=O)c3ccccc3C2=O)CC1. The minimum Gasteiger partial charge on any atom is -0.297 e. The molecule has 0 N–H and O–H groups in total. The molecule has 0 atom stereocenters. The largest absolute Gasteiger partial charge is 0.297 e. The van der Waals surface area contributed by atoms with Gasteiger partial charge in [0.25, 0.3) is 0 Å². The van der Waals surface area contributed by atoms with E-state index in [1.54, 1.807) is 16.8 Å². The van der Waals surface area contributed by atoms with E-state index in [0.29, 0.717) is 29.9 Å². The lowest BCUT2D eigenvalue weighted by Crippen LogP contribution is -2.60. The average molecular weight is 479 g/mol. The fourth-order valence-corrected chi connectivity index (χ4v) is 6.04. The van der Waals surface area contributed by atoms with Crippen molar-refractivity contribution in [3.05, 3.63) is 101 Å². The van der Waals surface area contributed by atoms with E-state index in [0.717, 1.165) is 37.0 Å². The number of benzene rings is 3. The first-order chi connectivity index (χ1) is 17.6. The predicted octanol–water partition coefficient (Wildman–Crippen LogP) is 4.23. The van der Waals surface area contributed by atoms with Gasteiger partial charge in [-0.2, -0.15) is 5.10 Å². The summed E-state index contributed by atoms with van der Waals surface area (Å²) in [6.45, 7) is 5.85. The molecule has 2 heterocycles. The Hall–Kier alpha value is -3.61. The molecule has 1 fully saturated rings. The maximum Gasteiger partial charge on any atom is 0.198 e. The summed E-state index contributed by atoms with van der Waals surface area (Å²) in [5.41, 5.74) is 3.74. The van der Waals surface area contributed by atoms with Crippen LogP contribution in [0.1, 0.15) is 44.5 Å². The summed E-state index contributed by atoms with van der Waals surface area (Å²) >= 11 is 0. The number of hydrogen-bond donors (Lipinski definition) is 0. The number of aryl methyl sites for hydroxylation is 2. The van der Waals surface area contributed by atoms with Crippen molar-refractivity contribution in [3.8, 4) is 0 Å². The van der Waals surface area contributed by atoms with Crippen molar-refractivity contribution in [1.82, 2.24) is 19.6 Å². The van der Waals surface area contributed by atoms with Crippen LogP contribution in [0.4, 0.5) is 0 Å². The Bertz CT molecular complexity index is 1440. The molecule has 0 unspecified atom stereocenters. The lowest BCUT2D eigenvalue weighted by molar-refractivity contribution is 0.0269. The summed E-state index contributed by atoms with van der Waals surface area (Å²) in [4.78, 5) is 32.9. The molecule has 0 amide bonds. The van der Waals surface area contributed by atoms with Crippen LogP contribution < -0.4 is 0 Å². The van der Waals surface area contributed by atoms with Crippen molar-refractivity contribution in [2.75, 3.05) is 26.2 Å². The normalized spacial score (nSPS) is 18.2. The molecular weight excluding hydrogens is 448 g/mol. The molecule has 6 heteroatoms. The van der Waals surface area contributed by atoms with Crippen LogP contribution in [0.5, 0.6) is 0 Å². The molecule has 36 heavy (non-hydrogen) atoms. The lowest BCUT2D eigenvalue weighted by atomic mass is 9.84. The number of aromatic nitrogens is 2. The summed E-state index contributed by atoms with van der Waals surface area (Å²) < 4.78 is 1.79. The van der Waals surface area contributed by atoms with Crippen molar-refractivity contribution in [2.24, 2.45) is 7.05 Å². The fourth-order valence-electron chi connectivity index (χ4n) is 6.04. The monoisotopic (exact) mass is 478 g/mol. The quantitative estimate of drug-likeness (QED) is 0.402.